The molecule has 6 unspecified atom stereocenters. The molecule has 0 heterocycles. The van der Waals surface area contributed by atoms with Crippen LogP contribution in [0, 0.1) is 32.5 Å². The van der Waals surface area contributed by atoms with E-state index in [0.29, 0.717) is 0 Å². The molecule has 0 saturated heterocycles. The largest absolute Gasteiger partial charge is 0.0992 e. The third-order valence-electron chi connectivity index (χ3n) is 9.11. The van der Waals surface area contributed by atoms with Crippen molar-refractivity contribution in [2.75, 3.05) is 0 Å². The van der Waals surface area contributed by atoms with Gasteiger partial charge in [-0.2, -0.15) is 0 Å². The highest BCUT2D eigenvalue weighted by Gasteiger charge is 3.11. The van der Waals surface area contributed by atoms with E-state index in [9.17, 15) is 0 Å². The summed E-state index contributed by atoms with van der Waals surface area (Å²) in [5.74, 6) is 0. The number of allylic oxidation sites excluding steroid dienone is 2. The van der Waals surface area contributed by atoms with Crippen molar-refractivity contribution in [3.05, 3.63) is 24.3 Å². The van der Waals surface area contributed by atoms with E-state index in [1.807, 2.05) is 0 Å². The van der Waals surface area contributed by atoms with Gasteiger partial charge in [-0.3, -0.25) is 0 Å². The standard InChI is InChI=1S/C17H18/c1-10-3-12(10)5-14(12)7-16(14)9-17(16)8-15(17)6-13(15)4-11(13)2/h1-9H2. The molecule has 7 saturated carbocycles. The molecule has 17 heavy (non-hydrogen) atoms. The smallest absolute Gasteiger partial charge is 0.00150 e. The molecule has 7 fully saturated rings. The Morgan fingerprint density at radius 1 is 0.588 bits per heavy atom. The highest BCUT2D eigenvalue weighted by molar-refractivity contribution is 5.65. The van der Waals surface area contributed by atoms with Gasteiger partial charge < -0.3 is 0 Å². The second-order valence-corrected chi connectivity index (χ2v) is 8.94. The fourth-order valence-electron chi connectivity index (χ4n) is 7.82. The lowest BCUT2D eigenvalue weighted by Crippen LogP contribution is -1.92. The molecule has 86 valence electrons. The Bertz CT molecular complexity index is 574. The zero-order valence-electron chi connectivity index (χ0n) is 10.4. The highest BCUT2D eigenvalue weighted by atomic mass is 15.1. The van der Waals surface area contributed by atoms with Crippen LogP contribution >= 0.6 is 0 Å². The summed E-state index contributed by atoms with van der Waals surface area (Å²) in [5.41, 5.74) is 8.09. The van der Waals surface area contributed by atoms with Gasteiger partial charge in [-0.1, -0.05) is 24.3 Å². The van der Waals surface area contributed by atoms with Gasteiger partial charge in [0.1, 0.15) is 0 Å². The Morgan fingerprint density at radius 2 is 0.941 bits per heavy atom. The van der Waals surface area contributed by atoms with Crippen LogP contribution in [0.15, 0.2) is 24.3 Å². The monoisotopic (exact) mass is 222 g/mol. The predicted octanol–water partition coefficient (Wildman–Crippen LogP) is 3.84. The normalized spacial score (nSPS) is 82.1. The second-order valence-electron chi connectivity index (χ2n) is 8.94. The van der Waals surface area contributed by atoms with Crippen molar-refractivity contribution in [3.8, 4) is 0 Å². The van der Waals surface area contributed by atoms with Gasteiger partial charge in [0.05, 0.1) is 0 Å². The molecule has 0 aliphatic heterocycles. The zero-order valence-corrected chi connectivity index (χ0v) is 10.4. The Hall–Kier alpha value is -0.520. The molecule has 0 nitrogen and oxygen atoms in total. The summed E-state index contributed by atoms with van der Waals surface area (Å²) in [6, 6.07) is 0. The topological polar surface area (TPSA) is 0 Å². The number of fused-ring (bicyclic) bond motifs is 5. The van der Waals surface area contributed by atoms with Crippen LogP contribution in [0.3, 0.4) is 0 Å². The summed E-state index contributed by atoms with van der Waals surface area (Å²) >= 11 is 0. The maximum atomic E-state index is 4.27. The molecule has 0 radical (unpaired) electrons. The van der Waals surface area contributed by atoms with Gasteiger partial charge in [-0.25, -0.2) is 0 Å². The molecule has 6 atom stereocenters. The molecular weight excluding hydrogens is 204 g/mol. The van der Waals surface area contributed by atoms with Gasteiger partial charge in [0, 0.05) is 10.8 Å². The maximum Gasteiger partial charge on any atom is 0.00150 e. The van der Waals surface area contributed by atoms with Gasteiger partial charge in [-0.05, 0) is 66.6 Å². The van der Waals surface area contributed by atoms with Crippen LogP contribution in [0.1, 0.15) is 44.9 Å². The van der Waals surface area contributed by atoms with Crippen LogP contribution in [0.25, 0.3) is 0 Å². The van der Waals surface area contributed by atoms with E-state index in [-0.39, 0.29) is 0 Å². The van der Waals surface area contributed by atoms with Crippen molar-refractivity contribution in [3.63, 3.8) is 0 Å². The Labute approximate surface area is 102 Å². The lowest BCUT2D eigenvalue weighted by molar-refractivity contribution is 0.519. The molecule has 7 aliphatic carbocycles. The van der Waals surface area contributed by atoms with E-state index >= 15 is 0 Å². The third kappa shape index (κ3) is 0.413. The molecule has 7 rings (SSSR count). The molecule has 0 aromatic carbocycles. The van der Waals surface area contributed by atoms with E-state index in [1.165, 1.54) is 12.8 Å². The van der Waals surface area contributed by atoms with Crippen molar-refractivity contribution < 1.29 is 0 Å². The molecule has 0 aromatic rings. The van der Waals surface area contributed by atoms with Gasteiger partial charge in [0.2, 0.25) is 0 Å². The van der Waals surface area contributed by atoms with Crippen LogP contribution in [0.2, 0.25) is 0 Å². The summed E-state index contributed by atoms with van der Waals surface area (Å²) in [7, 11) is 0. The van der Waals surface area contributed by atoms with Gasteiger partial charge >= 0.3 is 0 Å². The van der Waals surface area contributed by atoms with Crippen LogP contribution < -0.4 is 0 Å². The van der Waals surface area contributed by atoms with Gasteiger partial charge in [0.15, 0.2) is 0 Å². The third-order valence-corrected chi connectivity index (χ3v) is 9.11. The summed E-state index contributed by atoms with van der Waals surface area (Å²) < 4.78 is 0. The molecular formula is C17H18. The van der Waals surface area contributed by atoms with Gasteiger partial charge in [0.25, 0.3) is 0 Å². The quantitative estimate of drug-likeness (QED) is 0.546. The van der Waals surface area contributed by atoms with E-state index < -0.39 is 0 Å². The summed E-state index contributed by atoms with van der Waals surface area (Å²) in [6.07, 6.45) is 10.7. The van der Waals surface area contributed by atoms with E-state index in [1.54, 1.807) is 43.3 Å². The van der Waals surface area contributed by atoms with Crippen molar-refractivity contribution in [1.29, 1.82) is 0 Å². The maximum absolute atomic E-state index is 4.27. The first kappa shape index (κ1) is 7.81. The first-order chi connectivity index (χ1) is 8.04. The summed E-state index contributed by atoms with van der Waals surface area (Å²) in [4.78, 5) is 0. The minimum atomic E-state index is 0.725. The molecule has 6 spiro atoms. The van der Waals surface area contributed by atoms with Crippen molar-refractivity contribution in [2.24, 2.45) is 32.5 Å². The average molecular weight is 222 g/mol. The zero-order chi connectivity index (χ0) is 11.1. The van der Waals surface area contributed by atoms with Crippen molar-refractivity contribution >= 4 is 0 Å². The summed E-state index contributed by atoms with van der Waals surface area (Å²) in [6.45, 7) is 8.54. The minimum Gasteiger partial charge on any atom is -0.0992 e. The van der Waals surface area contributed by atoms with E-state index in [2.05, 4.69) is 13.2 Å². The molecule has 0 amide bonds. The van der Waals surface area contributed by atoms with Crippen LogP contribution in [0.5, 0.6) is 0 Å². The van der Waals surface area contributed by atoms with E-state index in [0.717, 1.165) is 32.5 Å². The van der Waals surface area contributed by atoms with Crippen LogP contribution in [-0.4, -0.2) is 0 Å². The SMILES string of the molecule is C=C1CC12CC21CC12CC21CC12CC21CC1=C. The second kappa shape index (κ2) is 1.38. The molecule has 0 aromatic heterocycles. The Kier molecular flexibility index (Phi) is 0.635. The van der Waals surface area contributed by atoms with Crippen LogP contribution in [0.4, 0.5) is 0 Å². The fraction of sp³-hybridized carbons (Fsp3) is 0.765. The van der Waals surface area contributed by atoms with E-state index in [4.69, 9.17) is 0 Å². The first-order valence-corrected chi connectivity index (χ1v) is 7.41. The predicted molar refractivity (Wildman–Crippen MR) is 65.2 cm³/mol. The number of hydrogen-bond acceptors (Lipinski definition) is 0. The molecule has 0 N–H and O–H groups in total. The van der Waals surface area contributed by atoms with Crippen molar-refractivity contribution in [1.82, 2.24) is 0 Å². The van der Waals surface area contributed by atoms with Gasteiger partial charge in [-0.15, -0.1) is 0 Å². The Morgan fingerprint density at radius 3 is 1.24 bits per heavy atom. The minimum absolute atomic E-state index is 0.725. The number of rotatable bonds is 0. The average Bonchev–Trinajstić information content (AvgIpc) is 3.03. The molecule has 0 bridgehead atoms. The summed E-state index contributed by atoms with van der Waals surface area (Å²) in [5, 5.41) is 0. The van der Waals surface area contributed by atoms with Crippen LogP contribution in [-0.2, 0) is 0 Å². The Balaban J connectivity index is 1.31. The lowest BCUT2D eigenvalue weighted by Gasteiger charge is -1.94. The fourth-order valence-corrected chi connectivity index (χ4v) is 7.82. The first-order valence-electron chi connectivity index (χ1n) is 7.41. The highest BCUT2D eigenvalue weighted by Crippen LogP contribution is 3.17. The molecule has 7 aliphatic rings. The van der Waals surface area contributed by atoms with Crippen molar-refractivity contribution in [2.45, 2.75) is 44.9 Å². The number of hydrogen-bond donors (Lipinski definition) is 0. The lowest BCUT2D eigenvalue weighted by atomic mass is 10.1. The molecule has 0 heteroatoms.